The summed E-state index contributed by atoms with van der Waals surface area (Å²) in [4.78, 5) is 31.6. The Morgan fingerprint density at radius 3 is 2.50 bits per heavy atom. The summed E-state index contributed by atoms with van der Waals surface area (Å²) in [5.41, 5.74) is -0.346. The minimum Gasteiger partial charge on any atom is -0.485 e. The molecule has 9 nitrogen and oxygen atoms in total. The van der Waals surface area contributed by atoms with Gasteiger partial charge in [-0.15, -0.1) is 13.2 Å². The number of ether oxygens (including phenoxy) is 2. The first kappa shape index (κ1) is 25.0. The summed E-state index contributed by atoms with van der Waals surface area (Å²) in [6, 6.07) is 12.8. The van der Waals surface area contributed by atoms with Gasteiger partial charge >= 0.3 is 12.1 Å². The van der Waals surface area contributed by atoms with Crippen LogP contribution in [0, 0.1) is 5.92 Å². The largest absolute Gasteiger partial charge is 0.573 e. The number of halogens is 3. The van der Waals surface area contributed by atoms with E-state index in [-0.39, 0.29) is 54.0 Å². The van der Waals surface area contributed by atoms with Crippen LogP contribution < -0.4 is 20.7 Å². The van der Waals surface area contributed by atoms with Gasteiger partial charge < -0.3 is 19.1 Å². The van der Waals surface area contributed by atoms with Crippen LogP contribution in [0.3, 0.4) is 0 Å². The number of aryl methyl sites for hydroxylation is 1. The standard InChI is InChI=1S/C24H23F3N4O5/c1-14(12-32)11-31-21-19(22(33)29-23(31)34)30(2)20(28-21)16-8-9-17(18(10-16)36-24(25,26)27)35-13-15-6-4-3-5-7-15/h3-10,14,32H,11-13H2,1-2H3,(H,29,33,34). The van der Waals surface area contributed by atoms with Gasteiger partial charge in [0.05, 0.1) is 0 Å². The first-order valence-electron chi connectivity index (χ1n) is 10.9. The first-order valence-corrected chi connectivity index (χ1v) is 10.9. The number of aliphatic hydroxyl groups is 1. The summed E-state index contributed by atoms with van der Waals surface area (Å²) >= 11 is 0. The predicted octanol–water partition coefficient (Wildman–Crippen LogP) is 3.20. The van der Waals surface area contributed by atoms with E-state index in [0.29, 0.717) is 0 Å². The molecular formula is C24H23F3N4O5. The lowest BCUT2D eigenvalue weighted by Gasteiger charge is -2.15. The predicted molar refractivity (Wildman–Crippen MR) is 125 cm³/mol. The van der Waals surface area contributed by atoms with Gasteiger partial charge in [0.15, 0.2) is 22.7 Å². The lowest BCUT2D eigenvalue weighted by Crippen LogP contribution is -2.33. The molecule has 190 valence electrons. The second-order valence-corrected chi connectivity index (χ2v) is 8.31. The Labute approximate surface area is 202 Å². The maximum atomic E-state index is 13.2. The fraction of sp³-hybridized carbons (Fsp3) is 0.292. The van der Waals surface area contributed by atoms with Gasteiger partial charge in [0.1, 0.15) is 12.4 Å². The van der Waals surface area contributed by atoms with E-state index in [9.17, 15) is 27.9 Å². The van der Waals surface area contributed by atoms with E-state index in [2.05, 4.69) is 14.7 Å². The van der Waals surface area contributed by atoms with Crippen molar-refractivity contribution < 1.29 is 27.8 Å². The maximum Gasteiger partial charge on any atom is 0.573 e. The van der Waals surface area contributed by atoms with Crippen molar-refractivity contribution in [2.45, 2.75) is 26.4 Å². The fourth-order valence-electron chi connectivity index (χ4n) is 3.75. The number of nitrogens with one attached hydrogen (secondary N) is 1. The smallest absolute Gasteiger partial charge is 0.485 e. The number of aromatic amines is 1. The minimum absolute atomic E-state index is 0.0192. The third kappa shape index (κ3) is 5.28. The number of H-pyrrole nitrogens is 1. The third-order valence-corrected chi connectivity index (χ3v) is 5.48. The molecule has 0 saturated carbocycles. The van der Waals surface area contributed by atoms with E-state index in [4.69, 9.17) is 4.74 Å². The second kappa shape index (κ2) is 9.90. The Morgan fingerprint density at radius 2 is 1.83 bits per heavy atom. The van der Waals surface area contributed by atoms with Crippen molar-refractivity contribution >= 4 is 11.2 Å². The van der Waals surface area contributed by atoms with Crippen LogP contribution in [0.2, 0.25) is 0 Å². The van der Waals surface area contributed by atoms with E-state index in [1.54, 1.807) is 31.2 Å². The number of alkyl halides is 3. The minimum atomic E-state index is -4.98. The van der Waals surface area contributed by atoms with Crippen molar-refractivity contribution in [3.05, 3.63) is 74.9 Å². The fourth-order valence-corrected chi connectivity index (χ4v) is 3.75. The second-order valence-electron chi connectivity index (χ2n) is 8.31. The zero-order valence-corrected chi connectivity index (χ0v) is 19.4. The number of hydrogen-bond donors (Lipinski definition) is 2. The molecule has 0 aliphatic carbocycles. The van der Waals surface area contributed by atoms with Gasteiger partial charge in [-0.1, -0.05) is 37.3 Å². The SMILES string of the molecule is CC(CO)Cn1c(=O)[nH]c(=O)c2c1nc(-c1ccc(OCc3ccccc3)c(OC(F)(F)F)c1)n2C. The van der Waals surface area contributed by atoms with Gasteiger partial charge in [-0.25, -0.2) is 9.78 Å². The first-order chi connectivity index (χ1) is 17.1. The molecule has 2 heterocycles. The van der Waals surface area contributed by atoms with Gasteiger partial charge in [-0.05, 0) is 29.7 Å². The highest BCUT2D eigenvalue weighted by Crippen LogP contribution is 2.36. The molecule has 1 atom stereocenters. The molecule has 0 aliphatic rings. The normalized spacial score (nSPS) is 12.6. The Kier molecular flexibility index (Phi) is 6.88. The Bertz CT molecular complexity index is 1490. The van der Waals surface area contributed by atoms with Crippen molar-refractivity contribution in [3.63, 3.8) is 0 Å². The van der Waals surface area contributed by atoms with Crippen LogP contribution >= 0.6 is 0 Å². The summed E-state index contributed by atoms with van der Waals surface area (Å²) in [6.07, 6.45) is -4.98. The highest BCUT2D eigenvalue weighted by molar-refractivity contribution is 5.77. The molecule has 0 fully saturated rings. The van der Waals surface area contributed by atoms with Gasteiger partial charge in [0, 0.05) is 25.8 Å². The van der Waals surface area contributed by atoms with Crippen molar-refractivity contribution in [2.24, 2.45) is 13.0 Å². The zero-order chi connectivity index (χ0) is 26.0. The summed E-state index contributed by atoms with van der Waals surface area (Å²) < 4.78 is 51.9. The molecule has 0 spiro atoms. The van der Waals surface area contributed by atoms with Crippen LogP contribution in [0.25, 0.3) is 22.6 Å². The van der Waals surface area contributed by atoms with E-state index in [1.807, 2.05) is 6.07 Å². The number of benzene rings is 2. The summed E-state index contributed by atoms with van der Waals surface area (Å²) in [5.74, 6) is -0.892. The molecule has 12 heteroatoms. The van der Waals surface area contributed by atoms with Crippen LogP contribution in [0.4, 0.5) is 13.2 Å². The lowest BCUT2D eigenvalue weighted by molar-refractivity contribution is -0.275. The number of fused-ring (bicyclic) bond motifs is 1. The molecule has 0 radical (unpaired) electrons. The molecule has 0 aliphatic heterocycles. The van der Waals surface area contributed by atoms with E-state index < -0.39 is 23.4 Å². The highest BCUT2D eigenvalue weighted by atomic mass is 19.4. The van der Waals surface area contributed by atoms with Crippen LogP contribution in [-0.4, -0.2) is 37.2 Å². The number of hydrogen-bond acceptors (Lipinski definition) is 6. The van der Waals surface area contributed by atoms with Gasteiger partial charge in [-0.2, -0.15) is 0 Å². The Balaban J connectivity index is 1.80. The van der Waals surface area contributed by atoms with Crippen molar-refractivity contribution in [1.29, 1.82) is 0 Å². The summed E-state index contributed by atoms with van der Waals surface area (Å²) in [7, 11) is 1.51. The van der Waals surface area contributed by atoms with Crippen molar-refractivity contribution in [1.82, 2.24) is 19.1 Å². The number of imidazole rings is 1. The van der Waals surface area contributed by atoms with E-state index >= 15 is 0 Å². The monoisotopic (exact) mass is 504 g/mol. The molecule has 4 aromatic rings. The van der Waals surface area contributed by atoms with E-state index in [0.717, 1.165) is 11.6 Å². The topological polar surface area (TPSA) is 111 Å². The molecule has 2 aromatic carbocycles. The molecule has 0 saturated heterocycles. The molecule has 2 N–H and O–H groups in total. The number of nitrogens with zero attached hydrogens (tertiary/aromatic N) is 3. The highest BCUT2D eigenvalue weighted by Gasteiger charge is 2.33. The zero-order valence-electron chi connectivity index (χ0n) is 19.4. The lowest BCUT2D eigenvalue weighted by atomic mass is 10.2. The molecule has 36 heavy (non-hydrogen) atoms. The third-order valence-electron chi connectivity index (χ3n) is 5.48. The molecule has 0 bridgehead atoms. The molecule has 0 amide bonds. The van der Waals surface area contributed by atoms with E-state index in [1.165, 1.54) is 28.3 Å². The van der Waals surface area contributed by atoms with Crippen LogP contribution in [-0.2, 0) is 20.2 Å². The molecule has 2 aromatic heterocycles. The quantitative estimate of drug-likeness (QED) is 0.381. The van der Waals surface area contributed by atoms with Crippen molar-refractivity contribution in [3.8, 4) is 22.9 Å². The van der Waals surface area contributed by atoms with Gasteiger partial charge in [0.25, 0.3) is 5.56 Å². The van der Waals surface area contributed by atoms with Crippen LogP contribution in [0.15, 0.2) is 58.1 Å². The van der Waals surface area contributed by atoms with Crippen LogP contribution in [0.1, 0.15) is 12.5 Å². The van der Waals surface area contributed by atoms with Gasteiger partial charge in [-0.3, -0.25) is 14.3 Å². The molecular weight excluding hydrogens is 481 g/mol. The molecule has 4 rings (SSSR count). The van der Waals surface area contributed by atoms with Gasteiger partial charge in [0.2, 0.25) is 0 Å². The number of rotatable bonds is 8. The summed E-state index contributed by atoms with van der Waals surface area (Å²) in [6.45, 7) is 1.61. The molecule has 1 unspecified atom stereocenters. The number of aliphatic hydroxyl groups excluding tert-OH is 1. The van der Waals surface area contributed by atoms with Crippen molar-refractivity contribution in [2.75, 3.05) is 6.61 Å². The average Bonchev–Trinajstić information content (AvgIpc) is 3.17. The number of aromatic nitrogens is 4. The Hall–Kier alpha value is -4.06. The maximum absolute atomic E-state index is 13.2. The average molecular weight is 504 g/mol. The Morgan fingerprint density at radius 1 is 1.11 bits per heavy atom. The summed E-state index contributed by atoms with van der Waals surface area (Å²) in [5, 5.41) is 9.39. The van der Waals surface area contributed by atoms with Crippen LogP contribution in [0.5, 0.6) is 11.5 Å².